The number of rotatable bonds is 9. The number of ether oxygens (including phenoxy) is 2. The third-order valence-electron chi connectivity index (χ3n) is 6.18. The molecule has 0 aliphatic carbocycles. The predicted octanol–water partition coefficient (Wildman–Crippen LogP) is 4.92. The van der Waals surface area contributed by atoms with Crippen molar-refractivity contribution < 1.29 is 23.5 Å². The van der Waals surface area contributed by atoms with Crippen molar-refractivity contribution in [3.63, 3.8) is 0 Å². The Morgan fingerprint density at radius 2 is 1.78 bits per heavy atom. The van der Waals surface area contributed by atoms with Gasteiger partial charge in [-0.05, 0) is 73.9 Å². The van der Waals surface area contributed by atoms with Gasteiger partial charge in [-0.15, -0.1) is 0 Å². The largest absolute Gasteiger partial charge is 0.490 e. The molecule has 2 amide bonds. The number of halogens is 1. The van der Waals surface area contributed by atoms with Gasteiger partial charge in [0.1, 0.15) is 12.4 Å². The van der Waals surface area contributed by atoms with E-state index in [0.29, 0.717) is 30.3 Å². The van der Waals surface area contributed by atoms with Gasteiger partial charge in [-0.25, -0.2) is 4.39 Å². The Hall–Kier alpha value is -4.07. The fraction of sp³-hybridized carbons (Fsp3) is 0.286. The van der Waals surface area contributed by atoms with Crippen LogP contribution in [0.5, 0.6) is 11.5 Å². The van der Waals surface area contributed by atoms with Gasteiger partial charge < -0.3 is 14.4 Å². The van der Waals surface area contributed by atoms with E-state index < -0.39 is 5.92 Å². The summed E-state index contributed by atoms with van der Waals surface area (Å²) in [4.78, 5) is 27.0. The molecule has 1 aliphatic rings. The highest BCUT2D eigenvalue weighted by molar-refractivity contribution is 6.00. The number of hydrogen-bond acceptors (Lipinski definition) is 5. The molecular formula is C28H30FN3O4. The van der Waals surface area contributed by atoms with Crippen molar-refractivity contribution in [1.82, 2.24) is 5.43 Å². The summed E-state index contributed by atoms with van der Waals surface area (Å²) in [6, 6.07) is 17.2. The van der Waals surface area contributed by atoms with Crippen molar-refractivity contribution >= 4 is 23.2 Å². The standard InChI is InChI=1S/C28H30FN3O4/c1-4-35-26-15-23(10-12-25(26)36-17-20-6-8-22(29)9-7-20)30-31-28(34)21-14-27(33)32(16-21)24-11-5-18(2)19(3)13-24/h5-13,15,21,30H,4,14,16-17H2,1-3H3,(H,31,34)/t21-/m1/s1. The highest BCUT2D eigenvalue weighted by Crippen LogP contribution is 2.31. The van der Waals surface area contributed by atoms with E-state index in [9.17, 15) is 14.0 Å². The highest BCUT2D eigenvalue weighted by atomic mass is 19.1. The Morgan fingerprint density at radius 1 is 1.00 bits per heavy atom. The molecule has 0 unspecified atom stereocenters. The Balaban J connectivity index is 1.35. The topological polar surface area (TPSA) is 79.9 Å². The lowest BCUT2D eigenvalue weighted by atomic mass is 10.1. The van der Waals surface area contributed by atoms with Gasteiger partial charge in [0.25, 0.3) is 0 Å². The van der Waals surface area contributed by atoms with E-state index in [1.165, 1.54) is 12.1 Å². The first-order valence-electron chi connectivity index (χ1n) is 11.9. The average Bonchev–Trinajstić information content (AvgIpc) is 3.26. The Kier molecular flexibility index (Phi) is 7.73. The minimum absolute atomic E-state index is 0.0697. The first-order chi connectivity index (χ1) is 17.3. The molecule has 8 heteroatoms. The molecule has 0 bridgehead atoms. The lowest BCUT2D eigenvalue weighted by molar-refractivity contribution is -0.125. The van der Waals surface area contributed by atoms with Gasteiger partial charge in [0.05, 0.1) is 18.2 Å². The fourth-order valence-electron chi connectivity index (χ4n) is 3.98. The second-order valence-electron chi connectivity index (χ2n) is 8.80. The summed E-state index contributed by atoms with van der Waals surface area (Å²) >= 11 is 0. The summed E-state index contributed by atoms with van der Waals surface area (Å²) in [6.45, 7) is 6.91. The van der Waals surface area contributed by atoms with Gasteiger partial charge in [-0.1, -0.05) is 18.2 Å². The van der Waals surface area contributed by atoms with Crippen LogP contribution in [0, 0.1) is 25.6 Å². The molecule has 4 rings (SSSR count). The van der Waals surface area contributed by atoms with Crippen LogP contribution in [0.4, 0.5) is 15.8 Å². The molecule has 0 saturated carbocycles. The lowest BCUT2D eigenvalue weighted by Crippen LogP contribution is -2.36. The van der Waals surface area contributed by atoms with Crippen molar-refractivity contribution in [2.24, 2.45) is 5.92 Å². The van der Waals surface area contributed by atoms with Gasteiger partial charge in [0.2, 0.25) is 11.8 Å². The van der Waals surface area contributed by atoms with Gasteiger partial charge in [0, 0.05) is 24.7 Å². The molecule has 3 aromatic rings. The fourth-order valence-corrected chi connectivity index (χ4v) is 3.98. The van der Waals surface area contributed by atoms with Crippen LogP contribution in [-0.4, -0.2) is 25.0 Å². The van der Waals surface area contributed by atoms with Gasteiger partial charge in [-0.3, -0.25) is 20.4 Å². The monoisotopic (exact) mass is 491 g/mol. The predicted molar refractivity (Wildman–Crippen MR) is 136 cm³/mol. The van der Waals surface area contributed by atoms with Gasteiger partial charge >= 0.3 is 0 Å². The molecule has 2 N–H and O–H groups in total. The number of benzene rings is 3. The van der Waals surface area contributed by atoms with Crippen molar-refractivity contribution in [2.75, 3.05) is 23.5 Å². The summed E-state index contributed by atoms with van der Waals surface area (Å²) in [5.41, 5.74) is 10.1. The van der Waals surface area contributed by atoms with Crippen molar-refractivity contribution in [1.29, 1.82) is 0 Å². The van der Waals surface area contributed by atoms with E-state index in [0.717, 1.165) is 22.4 Å². The van der Waals surface area contributed by atoms with E-state index in [2.05, 4.69) is 10.9 Å². The maximum atomic E-state index is 13.1. The number of aryl methyl sites for hydroxylation is 2. The van der Waals surface area contributed by atoms with Gasteiger partial charge in [0.15, 0.2) is 11.5 Å². The number of amides is 2. The number of nitrogens with one attached hydrogen (secondary N) is 2. The first-order valence-corrected chi connectivity index (χ1v) is 11.9. The van der Waals surface area contributed by atoms with Gasteiger partial charge in [-0.2, -0.15) is 0 Å². The van der Waals surface area contributed by atoms with Crippen LogP contribution in [0.15, 0.2) is 60.7 Å². The summed E-state index contributed by atoms with van der Waals surface area (Å²) in [6.07, 6.45) is 0.154. The van der Waals surface area contributed by atoms with E-state index in [4.69, 9.17) is 9.47 Å². The molecule has 1 heterocycles. The molecule has 188 valence electrons. The van der Waals surface area contributed by atoms with Crippen LogP contribution in [0.2, 0.25) is 0 Å². The van der Waals surface area contributed by atoms with E-state index in [1.54, 1.807) is 35.2 Å². The number of anilines is 2. The third kappa shape index (κ3) is 5.94. The van der Waals surface area contributed by atoms with Crippen LogP contribution in [0.1, 0.15) is 30.0 Å². The maximum Gasteiger partial charge on any atom is 0.243 e. The normalized spacial score (nSPS) is 15.1. The number of nitrogens with zero attached hydrogens (tertiary/aromatic N) is 1. The Bertz CT molecular complexity index is 1250. The zero-order valence-electron chi connectivity index (χ0n) is 20.6. The summed E-state index contributed by atoms with van der Waals surface area (Å²) in [5, 5.41) is 0. The van der Waals surface area contributed by atoms with Crippen LogP contribution in [0.3, 0.4) is 0 Å². The summed E-state index contributed by atoms with van der Waals surface area (Å²) < 4.78 is 24.7. The molecule has 0 radical (unpaired) electrons. The molecule has 1 saturated heterocycles. The molecule has 7 nitrogen and oxygen atoms in total. The van der Waals surface area contributed by atoms with Crippen molar-refractivity contribution in [3.8, 4) is 11.5 Å². The third-order valence-corrected chi connectivity index (χ3v) is 6.18. The minimum atomic E-state index is -0.462. The molecule has 1 fully saturated rings. The molecular weight excluding hydrogens is 461 g/mol. The van der Waals surface area contributed by atoms with Crippen LogP contribution >= 0.6 is 0 Å². The number of hydrazine groups is 1. The van der Waals surface area contributed by atoms with E-state index in [-0.39, 0.29) is 30.7 Å². The first kappa shape index (κ1) is 25.0. The molecule has 0 spiro atoms. The zero-order valence-corrected chi connectivity index (χ0v) is 20.6. The minimum Gasteiger partial charge on any atom is -0.490 e. The average molecular weight is 492 g/mol. The summed E-state index contributed by atoms with van der Waals surface area (Å²) in [7, 11) is 0. The van der Waals surface area contributed by atoms with Crippen LogP contribution in [0.25, 0.3) is 0 Å². The second kappa shape index (κ2) is 11.1. The van der Waals surface area contributed by atoms with E-state index >= 15 is 0 Å². The quantitative estimate of drug-likeness (QED) is 0.416. The second-order valence-corrected chi connectivity index (χ2v) is 8.80. The number of hydrogen-bond donors (Lipinski definition) is 2. The number of carbonyl (C=O) groups excluding carboxylic acids is 2. The lowest BCUT2D eigenvalue weighted by Gasteiger charge is -2.18. The smallest absolute Gasteiger partial charge is 0.243 e. The van der Waals surface area contributed by atoms with Crippen molar-refractivity contribution in [2.45, 2.75) is 33.8 Å². The SMILES string of the molecule is CCOc1cc(NNC(=O)[C@@H]2CC(=O)N(c3ccc(C)c(C)c3)C2)ccc1OCc1ccc(F)cc1. The number of carbonyl (C=O) groups is 2. The Labute approximate surface area is 210 Å². The molecule has 3 aromatic carbocycles. The molecule has 0 aromatic heterocycles. The molecule has 1 aliphatic heterocycles. The molecule has 36 heavy (non-hydrogen) atoms. The maximum absolute atomic E-state index is 13.1. The Morgan fingerprint density at radius 3 is 2.50 bits per heavy atom. The highest BCUT2D eigenvalue weighted by Gasteiger charge is 2.35. The molecule has 1 atom stereocenters. The zero-order chi connectivity index (χ0) is 25.7. The van der Waals surface area contributed by atoms with Crippen molar-refractivity contribution in [3.05, 3.63) is 83.2 Å². The van der Waals surface area contributed by atoms with Crippen LogP contribution < -0.4 is 25.2 Å². The van der Waals surface area contributed by atoms with Crippen LogP contribution in [-0.2, 0) is 16.2 Å². The van der Waals surface area contributed by atoms with E-state index in [1.807, 2.05) is 39.0 Å². The summed E-state index contributed by atoms with van der Waals surface area (Å²) in [5.74, 6) is -0.0503.